The van der Waals surface area contributed by atoms with E-state index in [0.717, 1.165) is 5.65 Å². The Balaban J connectivity index is 1.97. The summed E-state index contributed by atoms with van der Waals surface area (Å²) in [6.07, 6.45) is 1.80. The molecule has 0 unspecified atom stereocenters. The van der Waals surface area contributed by atoms with Gasteiger partial charge >= 0.3 is 0 Å². The molecule has 2 aromatic heterocycles. The Morgan fingerprint density at radius 1 is 1.29 bits per heavy atom. The zero-order chi connectivity index (χ0) is 14.8. The van der Waals surface area contributed by atoms with Crippen LogP contribution in [-0.2, 0) is 0 Å². The first-order valence-corrected chi connectivity index (χ1v) is 6.44. The molecule has 3 rings (SSSR count). The van der Waals surface area contributed by atoms with Crippen LogP contribution in [-0.4, -0.2) is 15.3 Å². The third kappa shape index (κ3) is 2.35. The Hall–Kier alpha value is -3.13. The van der Waals surface area contributed by atoms with Crippen LogP contribution in [0.3, 0.4) is 0 Å². The topological polar surface area (TPSA) is 70.2 Å². The molecule has 0 atom stereocenters. The van der Waals surface area contributed by atoms with Gasteiger partial charge in [0, 0.05) is 11.9 Å². The minimum Gasteiger partial charge on any atom is -0.321 e. The third-order valence-electron chi connectivity index (χ3n) is 3.17. The Kier molecular flexibility index (Phi) is 3.13. The van der Waals surface area contributed by atoms with E-state index in [1.54, 1.807) is 41.8 Å². The number of pyridine rings is 1. The number of anilines is 1. The molecule has 0 aliphatic carbocycles. The maximum absolute atomic E-state index is 12.5. The summed E-state index contributed by atoms with van der Waals surface area (Å²) in [6, 6.07) is 14.4. The molecular formula is C16H12N4O. The van der Waals surface area contributed by atoms with Crippen LogP contribution in [0, 0.1) is 18.3 Å². The number of nitriles is 1. The maximum atomic E-state index is 12.5. The molecule has 102 valence electrons. The van der Waals surface area contributed by atoms with Crippen LogP contribution in [0.15, 0.2) is 48.7 Å². The van der Waals surface area contributed by atoms with E-state index in [0.29, 0.717) is 22.6 Å². The molecule has 0 saturated carbocycles. The minimum atomic E-state index is -0.249. The number of nitrogens with one attached hydrogen (secondary N) is 1. The van der Waals surface area contributed by atoms with Gasteiger partial charge in [0.1, 0.15) is 11.3 Å². The fourth-order valence-electron chi connectivity index (χ4n) is 2.24. The van der Waals surface area contributed by atoms with Crippen molar-refractivity contribution in [2.24, 2.45) is 0 Å². The Morgan fingerprint density at radius 3 is 2.95 bits per heavy atom. The number of amides is 1. The molecule has 0 spiro atoms. The van der Waals surface area contributed by atoms with Crippen molar-refractivity contribution in [1.29, 1.82) is 5.26 Å². The van der Waals surface area contributed by atoms with E-state index in [1.165, 1.54) is 0 Å². The summed E-state index contributed by atoms with van der Waals surface area (Å²) in [5.41, 5.74) is 2.97. The minimum absolute atomic E-state index is 0.249. The average Bonchev–Trinajstić information content (AvgIpc) is 2.83. The predicted molar refractivity (Wildman–Crippen MR) is 79.0 cm³/mol. The standard InChI is InChI=1S/C16H12N4O/c1-11-15(20-8-3-2-7-14(20)18-11)16(21)19-13-6-4-5-12(9-13)10-17/h2-9H,1H3,(H,19,21). The highest BCUT2D eigenvalue weighted by Gasteiger charge is 2.16. The number of hydrogen-bond acceptors (Lipinski definition) is 3. The Bertz CT molecular complexity index is 873. The van der Waals surface area contributed by atoms with Crippen molar-refractivity contribution >= 4 is 17.2 Å². The average molecular weight is 276 g/mol. The SMILES string of the molecule is Cc1nc2ccccn2c1C(=O)Nc1cccc(C#N)c1. The molecule has 5 heteroatoms. The van der Waals surface area contributed by atoms with E-state index in [9.17, 15) is 4.79 Å². The van der Waals surface area contributed by atoms with Crippen molar-refractivity contribution in [2.75, 3.05) is 5.32 Å². The van der Waals surface area contributed by atoms with E-state index in [2.05, 4.69) is 10.3 Å². The second-order valence-corrected chi connectivity index (χ2v) is 4.62. The van der Waals surface area contributed by atoms with Crippen molar-refractivity contribution in [2.45, 2.75) is 6.92 Å². The van der Waals surface area contributed by atoms with Crippen LogP contribution in [0.5, 0.6) is 0 Å². The lowest BCUT2D eigenvalue weighted by atomic mass is 10.2. The number of aromatic nitrogens is 2. The van der Waals surface area contributed by atoms with Crippen LogP contribution in [0.2, 0.25) is 0 Å². The first kappa shape index (κ1) is 12.9. The van der Waals surface area contributed by atoms with Crippen molar-refractivity contribution < 1.29 is 4.79 Å². The molecule has 21 heavy (non-hydrogen) atoms. The molecule has 0 aliphatic rings. The second-order valence-electron chi connectivity index (χ2n) is 4.62. The number of imidazole rings is 1. The van der Waals surface area contributed by atoms with Gasteiger partial charge in [0.05, 0.1) is 17.3 Å². The largest absolute Gasteiger partial charge is 0.321 e. The molecule has 1 N–H and O–H groups in total. The van der Waals surface area contributed by atoms with E-state index in [1.807, 2.05) is 24.3 Å². The maximum Gasteiger partial charge on any atom is 0.274 e. The second kappa shape index (κ2) is 5.10. The van der Waals surface area contributed by atoms with E-state index in [4.69, 9.17) is 5.26 Å². The summed E-state index contributed by atoms with van der Waals surface area (Å²) < 4.78 is 1.75. The molecule has 0 fully saturated rings. The fraction of sp³-hybridized carbons (Fsp3) is 0.0625. The third-order valence-corrected chi connectivity index (χ3v) is 3.17. The van der Waals surface area contributed by atoms with Gasteiger partial charge in [-0.3, -0.25) is 9.20 Å². The van der Waals surface area contributed by atoms with Gasteiger partial charge in [-0.15, -0.1) is 0 Å². The molecule has 2 heterocycles. The molecule has 0 aliphatic heterocycles. The Labute approximate surface area is 121 Å². The summed E-state index contributed by atoms with van der Waals surface area (Å²) >= 11 is 0. The molecule has 0 saturated heterocycles. The number of rotatable bonds is 2. The van der Waals surface area contributed by atoms with Crippen molar-refractivity contribution in [3.63, 3.8) is 0 Å². The normalized spacial score (nSPS) is 10.3. The predicted octanol–water partition coefficient (Wildman–Crippen LogP) is 2.77. The molecule has 3 aromatic rings. The summed E-state index contributed by atoms with van der Waals surface area (Å²) in [6.45, 7) is 1.80. The summed E-state index contributed by atoms with van der Waals surface area (Å²) in [5, 5.41) is 11.7. The number of carbonyl (C=O) groups excluding carboxylic acids is 1. The van der Waals surface area contributed by atoms with Gasteiger partial charge in [-0.2, -0.15) is 5.26 Å². The highest BCUT2D eigenvalue weighted by molar-refractivity contribution is 6.04. The van der Waals surface area contributed by atoms with Gasteiger partial charge in [-0.05, 0) is 37.3 Å². The van der Waals surface area contributed by atoms with Crippen molar-refractivity contribution in [1.82, 2.24) is 9.38 Å². The summed E-state index contributed by atoms with van der Waals surface area (Å²) in [7, 11) is 0. The number of fused-ring (bicyclic) bond motifs is 1. The van der Waals surface area contributed by atoms with E-state index < -0.39 is 0 Å². The highest BCUT2D eigenvalue weighted by Crippen LogP contribution is 2.15. The van der Waals surface area contributed by atoms with Gasteiger partial charge in [-0.25, -0.2) is 4.98 Å². The number of aryl methyl sites for hydroxylation is 1. The lowest BCUT2D eigenvalue weighted by Gasteiger charge is -2.06. The molecule has 1 amide bonds. The van der Waals surface area contributed by atoms with Crippen molar-refractivity contribution in [3.8, 4) is 6.07 Å². The number of hydrogen-bond donors (Lipinski definition) is 1. The van der Waals surface area contributed by atoms with Crippen LogP contribution >= 0.6 is 0 Å². The zero-order valence-electron chi connectivity index (χ0n) is 11.4. The van der Waals surface area contributed by atoms with Gasteiger partial charge < -0.3 is 5.32 Å². The molecule has 1 aromatic carbocycles. The first-order valence-electron chi connectivity index (χ1n) is 6.44. The van der Waals surface area contributed by atoms with Gasteiger partial charge in [0.25, 0.3) is 5.91 Å². The number of nitrogens with zero attached hydrogens (tertiary/aromatic N) is 3. The fourth-order valence-corrected chi connectivity index (χ4v) is 2.24. The number of carbonyl (C=O) groups is 1. The molecular weight excluding hydrogens is 264 g/mol. The monoisotopic (exact) mass is 276 g/mol. The molecule has 5 nitrogen and oxygen atoms in total. The van der Waals surface area contributed by atoms with Crippen LogP contribution in [0.4, 0.5) is 5.69 Å². The van der Waals surface area contributed by atoms with E-state index >= 15 is 0 Å². The summed E-state index contributed by atoms with van der Waals surface area (Å²) in [4.78, 5) is 16.8. The number of benzene rings is 1. The highest BCUT2D eigenvalue weighted by atomic mass is 16.2. The summed E-state index contributed by atoms with van der Waals surface area (Å²) in [5.74, 6) is -0.249. The van der Waals surface area contributed by atoms with Gasteiger partial charge in [-0.1, -0.05) is 12.1 Å². The van der Waals surface area contributed by atoms with Crippen LogP contribution < -0.4 is 5.32 Å². The van der Waals surface area contributed by atoms with Gasteiger partial charge in [0.2, 0.25) is 0 Å². The molecule has 0 radical (unpaired) electrons. The smallest absolute Gasteiger partial charge is 0.274 e. The zero-order valence-corrected chi connectivity index (χ0v) is 11.4. The quantitative estimate of drug-likeness (QED) is 0.782. The lowest BCUT2D eigenvalue weighted by Crippen LogP contribution is -2.15. The lowest BCUT2D eigenvalue weighted by molar-refractivity contribution is 0.102. The Morgan fingerprint density at radius 2 is 2.14 bits per heavy atom. The van der Waals surface area contributed by atoms with Gasteiger partial charge in [0.15, 0.2) is 0 Å². The van der Waals surface area contributed by atoms with Crippen molar-refractivity contribution in [3.05, 3.63) is 65.6 Å². The molecule has 0 bridgehead atoms. The van der Waals surface area contributed by atoms with E-state index in [-0.39, 0.29) is 5.91 Å². The van der Waals surface area contributed by atoms with Crippen LogP contribution in [0.1, 0.15) is 21.7 Å². The first-order chi connectivity index (χ1) is 10.2. The van der Waals surface area contributed by atoms with Crippen LogP contribution in [0.25, 0.3) is 5.65 Å².